The molecule has 0 fully saturated rings. The molecule has 3 nitrogen and oxygen atoms in total. The fourth-order valence-electron chi connectivity index (χ4n) is 4.24. The summed E-state index contributed by atoms with van der Waals surface area (Å²) in [6.07, 6.45) is 22.0. The van der Waals surface area contributed by atoms with E-state index >= 15 is 0 Å². The normalized spacial score (nSPS) is 11.3. The Balaban J connectivity index is 1.40. The third kappa shape index (κ3) is 10.9. The molecule has 2 rings (SSSR count). The summed E-state index contributed by atoms with van der Waals surface area (Å²) in [6.45, 7) is 4.93. The molecule has 0 aliphatic carbocycles. The number of unbranched alkanes of at least 4 members (excludes halogenated alkanes) is 15. The van der Waals surface area contributed by atoms with Crippen LogP contribution in [0.25, 0.3) is 11.0 Å². The number of hydrogen-bond donors (Lipinski definition) is 0. The first-order chi connectivity index (χ1) is 15.2. The highest BCUT2D eigenvalue weighted by molar-refractivity contribution is 5.81. The van der Waals surface area contributed by atoms with Gasteiger partial charge in [0.25, 0.3) is 0 Å². The van der Waals surface area contributed by atoms with Gasteiger partial charge >= 0.3 is 5.63 Å². The quantitative estimate of drug-likeness (QED) is 0.176. The van der Waals surface area contributed by atoms with Gasteiger partial charge in [-0.1, -0.05) is 103 Å². The van der Waals surface area contributed by atoms with Gasteiger partial charge in [-0.05, 0) is 31.0 Å². The molecule has 1 heterocycles. The zero-order valence-corrected chi connectivity index (χ0v) is 20.1. The summed E-state index contributed by atoms with van der Waals surface area (Å²) < 4.78 is 11.1. The molecule has 1 aromatic carbocycles. The summed E-state index contributed by atoms with van der Waals surface area (Å²) >= 11 is 0. The van der Waals surface area contributed by atoms with E-state index in [2.05, 4.69) is 6.92 Å². The van der Waals surface area contributed by atoms with E-state index in [-0.39, 0.29) is 5.63 Å². The van der Waals surface area contributed by atoms with Crippen molar-refractivity contribution in [2.24, 2.45) is 0 Å². The highest BCUT2D eigenvalue weighted by atomic mass is 16.5. The highest BCUT2D eigenvalue weighted by Crippen LogP contribution is 2.22. The smallest absolute Gasteiger partial charge is 0.336 e. The Morgan fingerprint density at radius 2 is 1.23 bits per heavy atom. The maximum atomic E-state index is 11.5. The lowest BCUT2D eigenvalue weighted by Crippen LogP contribution is -2.00. The summed E-state index contributed by atoms with van der Waals surface area (Å²) in [7, 11) is 0. The van der Waals surface area contributed by atoms with Crippen molar-refractivity contribution in [1.29, 1.82) is 0 Å². The molecule has 0 atom stereocenters. The Kier molecular flexibility index (Phi) is 13.1. The molecular weight excluding hydrogens is 384 g/mol. The second kappa shape index (κ2) is 15.9. The predicted molar refractivity (Wildman–Crippen MR) is 132 cm³/mol. The largest absolute Gasteiger partial charge is 0.493 e. The molecule has 1 aromatic heterocycles. The van der Waals surface area contributed by atoms with Crippen LogP contribution in [0.2, 0.25) is 0 Å². The Labute approximate surface area is 189 Å². The molecule has 0 aliphatic rings. The fourth-order valence-corrected chi connectivity index (χ4v) is 4.24. The zero-order chi connectivity index (χ0) is 22.2. The van der Waals surface area contributed by atoms with E-state index in [0.29, 0.717) is 5.58 Å². The molecule has 0 aliphatic heterocycles. The van der Waals surface area contributed by atoms with E-state index in [1.165, 1.54) is 102 Å². The van der Waals surface area contributed by atoms with Gasteiger partial charge in [0.2, 0.25) is 0 Å². The molecule has 0 saturated heterocycles. The average Bonchev–Trinajstić information content (AvgIpc) is 2.75. The van der Waals surface area contributed by atoms with Gasteiger partial charge < -0.3 is 9.15 Å². The van der Waals surface area contributed by atoms with Crippen molar-refractivity contribution < 1.29 is 9.15 Å². The molecule has 31 heavy (non-hydrogen) atoms. The van der Waals surface area contributed by atoms with E-state index in [9.17, 15) is 4.79 Å². The number of fused-ring (bicyclic) bond motifs is 1. The first kappa shape index (κ1) is 25.5. The van der Waals surface area contributed by atoms with Crippen LogP contribution in [0.5, 0.6) is 5.75 Å². The highest BCUT2D eigenvalue weighted by Gasteiger charge is 2.04. The van der Waals surface area contributed by atoms with Crippen molar-refractivity contribution in [3.8, 4) is 5.75 Å². The van der Waals surface area contributed by atoms with Crippen molar-refractivity contribution in [2.75, 3.05) is 6.61 Å². The van der Waals surface area contributed by atoms with E-state index in [1.807, 2.05) is 25.1 Å². The van der Waals surface area contributed by atoms with Crippen LogP contribution in [-0.2, 0) is 0 Å². The predicted octanol–water partition coefficient (Wildman–Crippen LogP) is 8.74. The maximum absolute atomic E-state index is 11.5. The van der Waals surface area contributed by atoms with Crippen LogP contribution in [0, 0.1) is 6.92 Å². The van der Waals surface area contributed by atoms with Crippen molar-refractivity contribution in [1.82, 2.24) is 0 Å². The number of rotatable bonds is 18. The Bertz CT molecular complexity index is 777. The van der Waals surface area contributed by atoms with E-state index < -0.39 is 0 Å². The van der Waals surface area contributed by atoms with Crippen LogP contribution in [0.3, 0.4) is 0 Å². The summed E-state index contributed by atoms with van der Waals surface area (Å²) in [6, 6.07) is 7.29. The molecular formula is C28H44O3. The minimum atomic E-state index is -0.306. The van der Waals surface area contributed by atoms with Crippen molar-refractivity contribution in [3.05, 3.63) is 40.2 Å². The van der Waals surface area contributed by atoms with Gasteiger partial charge in [-0.25, -0.2) is 4.79 Å². The van der Waals surface area contributed by atoms with Gasteiger partial charge in [0.05, 0.1) is 6.61 Å². The molecule has 174 valence electrons. The molecule has 0 unspecified atom stereocenters. The summed E-state index contributed by atoms with van der Waals surface area (Å²) in [5.41, 5.74) is 1.24. The van der Waals surface area contributed by atoms with Crippen LogP contribution >= 0.6 is 0 Å². The van der Waals surface area contributed by atoms with E-state index in [4.69, 9.17) is 9.15 Å². The number of aryl methyl sites for hydroxylation is 1. The first-order valence-electron chi connectivity index (χ1n) is 12.9. The van der Waals surface area contributed by atoms with Crippen LogP contribution in [0.1, 0.15) is 115 Å². The van der Waals surface area contributed by atoms with Crippen LogP contribution in [0.15, 0.2) is 33.5 Å². The maximum Gasteiger partial charge on any atom is 0.336 e. The second-order valence-electron chi connectivity index (χ2n) is 9.06. The number of hydrogen-bond acceptors (Lipinski definition) is 3. The van der Waals surface area contributed by atoms with Crippen molar-refractivity contribution in [3.63, 3.8) is 0 Å². The first-order valence-corrected chi connectivity index (χ1v) is 12.9. The minimum Gasteiger partial charge on any atom is -0.493 e. The monoisotopic (exact) mass is 428 g/mol. The Hall–Kier alpha value is -1.77. The van der Waals surface area contributed by atoms with Crippen LogP contribution in [0.4, 0.5) is 0 Å². The van der Waals surface area contributed by atoms with E-state index in [0.717, 1.165) is 29.7 Å². The molecule has 3 heteroatoms. The number of benzene rings is 1. The van der Waals surface area contributed by atoms with Crippen molar-refractivity contribution in [2.45, 2.75) is 117 Å². The molecule has 0 N–H and O–H groups in total. The lowest BCUT2D eigenvalue weighted by atomic mass is 10.0. The van der Waals surface area contributed by atoms with Gasteiger partial charge in [0.1, 0.15) is 11.3 Å². The molecule has 2 aromatic rings. The van der Waals surface area contributed by atoms with Crippen LogP contribution < -0.4 is 10.4 Å². The fraction of sp³-hybridized carbons (Fsp3) is 0.679. The van der Waals surface area contributed by atoms with Gasteiger partial charge in [0, 0.05) is 17.5 Å². The SMILES string of the molecule is CCCCCCCCCCCCCCCCCCOc1ccc2c(C)cc(=O)oc2c1. The third-order valence-corrected chi connectivity index (χ3v) is 6.19. The minimum absolute atomic E-state index is 0.306. The van der Waals surface area contributed by atoms with Gasteiger partial charge in [-0.15, -0.1) is 0 Å². The Morgan fingerprint density at radius 3 is 1.77 bits per heavy atom. The summed E-state index contributed by atoms with van der Waals surface area (Å²) in [4.78, 5) is 11.5. The standard InChI is InChI=1S/C28H44O3/c1-3-4-5-6-7-8-9-10-11-12-13-14-15-16-17-18-21-30-25-19-20-26-24(2)22-28(29)31-27(26)23-25/h19-20,22-23H,3-18,21H2,1-2H3. The van der Waals surface area contributed by atoms with Crippen LogP contribution in [-0.4, -0.2) is 6.61 Å². The third-order valence-electron chi connectivity index (χ3n) is 6.19. The number of ether oxygens (including phenoxy) is 1. The molecule has 0 bridgehead atoms. The lowest BCUT2D eigenvalue weighted by molar-refractivity contribution is 0.304. The van der Waals surface area contributed by atoms with Crippen molar-refractivity contribution >= 4 is 11.0 Å². The van der Waals surface area contributed by atoms with Gasteiger partial charge in [-0.3, -0.25) is 0 Å². The molecule has 0 radical (unpaired) electrons. The lowest BCUT2D eigenvalue weighted by Gasteiger charge is -2.08. The molecule has 0 saturated carbocycles. The van der Waals surface area contributed by atoms with Gasteiger partial charge in [0.15, 0.2) is 0 Å². The summed E-state index contributed by atoms with van der Waals surface area (Å²) in [5.74, 6) is 0.780. The van der Waals surface area contributed by atoms with Gasteiger partial charge in [-0.2, -0.15) is 0 Å². The Morgan fingerprint density at radius 1 is 0.710 bits per heavy atom. The topological polar surface area (TPSA) is 39.4 Å². The molecule has 0 amide bonds. The van der Waals surface area contributed by atoms with E-state index in [1.54, 1.807) is 0 Å². The second-order valence-corrected chi connectivity index (χ2v) is 9.06. The average molecular weight is 429 g/mol. The molecule has 0 spiro atoms. The zero-order valence-electron chi connectivity index (χ0n) is 20.1. The summed E-state index contributed by atoms with van der Waals surface area (Å²) in [5, 5.41) is 0.967.